The SMILES string of the molecule is COCC1(CNC(=O)C2CC2c2cccc(Br)c2)CCNCC1. The minimum Gasteiger partial charge on any atom is -0.384 e. The van der Waals surface area contributed by atoms with Crippen LogP contribution >= 0.6 is 15.9 Å². The standard InChI is InChI=1S/C18H25BrN2O2/c1-23-12-18(5-7-20-8-6-18)11-21-17(22)16-10-15(16)13-3-2-4-14(19)9-13/h2-4,9,15-16,20H,5-8,10-12H2,1H3,(H,21,22). The van der Waals surface area contributed by atoms with E-state index in [9.17, 15) is 4.79 Å². The molecule has 2 atom stereocenters. The zero-order valence-corrected chi connectivity index (χ0v) is 15.2. The molecule has 0 radical (unpaired) electrons. The maximum absolute atomic E-state index is 12.5. The van der Waals surface area contributed by atoms with Gasteiger partial charge in [0.1, 0.15) is 0 Å². The van der Waals surface area contributed by atoms with E-state index in [0.717, 1.165) is 43.4 Å². The average molecular weight is 381 g/mol. The first-order valence-electron chi connectivity index (χ1n) is 8.36. The highest BCUT2D eigenvalue weighted by molar-refractivity contribution is 9.10. The van der Waals surface area contributed by atoms with Crippen molar-refractivity contribution in [3.63, 3.8) is 0 Å². The van der Waals surface area contributed by atoms with Crippen molar-refractivity contribution >= 4 is 21.8 Å². The maximum atomic E-state index is 12.5. The van der Waals surface area contributed by atoms with E-state index in [2.05, 4.69) is 38.7 Å². The zero-order valence-electron chi connectivity index (χ0n) is 13.6. The van der Waals surface area contributed by atoms with Crippen molar-refractivity contribution in [1.82, 2.24) is 10.6 Å². The van der Waals surface area contributed by atoms with Gasteiger partial charge in [-0.15, -0.1) is 0 Å². The molecule has 1 aromatic rings. The monoisotopic (exact) mass is 380 g/mol. The van der Waals surface area contributed by atoms with Crippen LogP contribution in [0.2, 0.25) is 0 Å². The smallest absolute Gasteiger partial charge is 0.223 e. The van der Waals surface area contributed by atoms with Crippen LogP contribution in [0.3, 0.4) is 0 Å². The maximum Gasteiger partial charge on any atom is 0.223 e. The summed E-state index contributed by atoms with van der Waals surface area (Å²) in [5.74, 6) is 0.702. The highest BCUT2D eigenvalue weighted by Crippen LogP contribution is 2.48. The minimum absolute atomic E-state index is 0.0931. The van der Waals surface area contributed by atoms with Crippen LogP contribution in [0.1, 0.15) is 30.7 Å². The van der Waals surface area contributed by atoms with Crippen LogP contribution in [-0.4, -0.2) is 39.3 Å². The van der Waals surface area contributed by atoms with E-state index < -0.39 is 0 Å². The predicted molar refractivity (Wildman–Crippen MR) is 94.4 cm³/mol. The first-order valence-corrected chi connectivity index (χ1v) is 9.16. The fourth-order valence-electron chi connectivity index (χ4n) is 3.63. The highest BCUT2D eigenvalue weighted by Gasteiger charge is 2.44. The van der Waals surface area contributed by atoms with Crippen molar-refractivity contribution in [2.45, 2.75) is 25.2 Å². The van der Waals surface area contributed by atoms with Gasteiger partial charge in [0.05, 0.1) is 6.61 Å². The molecule has 5 heteroatoms. The van der Waals surface area contributed by atoms with Crippen LogP contribution in [0.15, 0.2) is 28.7 Å². The van der Waals surface area contributed by atoms with Crippen LogP contribution < -0.4 is 10.6 Å². The fourth-order valence-corrected chi connectivity index (χ4v) is 4.05. The lowest BCUT2D eigenvalue weighted by atomic mass is 9.79. The molecule has 1 aromatic carbocycles. The molecule has 2 N–H and O–H groups in total. The van der Waals surface area contributed by atoms with Gasteiger partial charge < -0.3 is 15.4 Å². The second-order valence-corrected chi connectivity index (χ2v) is 7.82. The number of halogens is 1. The Labute approximate surface area is 146 Å². The van der Waals surface area contributed by atoms with Crippen molar-refractivity contribution in [2.24, 2.45) is 11.3 Å². The zero-order chi connectivity index (χ0) is 16.3. The van der Waals surface area contributed by atoms with Crippen molar-refractivity contribution in [1.29, 1.82) is 0 Å². The number of nitrogens with one attached hydrogen (secondary N) is 2. The molecular formula is C18H25BrN2O2. The van der Waals surface area contributed by atoms with Crippen molar-refractivity contribution in [3.8, 4) is 0 Å². The van der Waals surface area contributed by atoms with Gasteiger partial charge in [0.25, 0.3) is 0 Å². The van der Waals surface area contributed by atoms with Gasteiger partial charge in [0, 0.05) is 29.5 Å². The number of carbonyl (C=O) groups is 1. The largest absolute Gasteiger partial charge is 0.384 e. The Bertz CT molecular complexity index is 552. The topological polar surface area (TPSA) is 50.4 Å². The number of ether oxygens (including phenoxy) is 1. The predicted octanol–water partition coefficient (Wildman–Crippen LogP) is 2.69. The van der Waals surface area contributed by atoms with Crippen molar-refractivity contribution in [2.75, 3.05) is 33.4 Å². The molecule has 1 saturated heterocycles. The molecule has 1 aliphatic heterocycles. The van der Waals surface area contributed by atoms with Gasteiger partial charge in [-0.2, -0.15) is 0 Å². The lowest BCUT2D eigenvalue weighted by Crippen LogP contribution is -2.47. The molecule has 2 fully saturated rings. The third-order valence-electron chi connectivity index (χ3n) is 5.16. The number of piperidine rings is 1. The molecule has 1 amide bonds. The molecule has 2 unspecified atom stereocenters. The molecule has 126 valence electrons. The number of benzene rings is 1. The Hall–Kier alpha value is -0.910. The third kappa shape index (κ3) is 4.14. The summed E-state index contributed by atoms with van der Waals surface area (Å²) in [6.07, 6.45) is 3.07. The normalized spacial score (nSPS) is 25.8. The molecule has 1 saturated carbocycles. The molecule has 0 spiro atoms. The van der Waals surface area contributed by atoms with Gasteiger partial charge in [0.2, 0.25) is 5.91 Å². The lowest BCUT2D eigenvalue weighted by Gasteiger charge is -2.37. The van der Waals surface area contributed by atoms with E-state index in [1.165, 1.54) is 5.56 Å². The first-order chi connectivity index (χ1) is 11.1. The Morgan fingerprint density at radius 2 is 2.22 bits per heavy atom. The quantitative estimate of drug-likeness (QED) is 0.797. The molecule has 4 nitrogen and oxygen atoms in total. The summed E-state index contributed by atoms with van der Waals surface area (Å²) in [5.41, 5.74) is 1.35. The molecule has 1 heterocycles. The molecular weight excluding hydrogens is 356 g/mol. The van der Waals surface area contributed by atoms with E-state index in [1.807, 2.05) is 12.1 Å². The number of amides is 1. The molecule has 0 aromatic heterocycles. The number of methoxy groups -OCH3 is 1. The second-order valence-electron chi connectivity index (χ2n) is 6.90. The number of hydrogen-bond acceptors (Lipinski definition) is 3. The van der Waals surface area contributed by atoms with Crippen LogP contribution in [0, 0.1) is 11.3 Å². The van der Waals surface area contributed by atoms with Crippen LogP contribution in [0.4, 0.5) is 0 Å². The Morgan fingerprint density at radius 3 is 2.91 bits per heavy atom. The van der Waals surface area contributed by atoms with E-state index in [4.69, 9.17) is 4.74 Å². The van der Waals surface area contributed by atoms with Gasteiger partial charge >= 0.3 is 0 Å². The summed E-state index contributed by atoms with van der Waals surface area (Å²) in [7, 11) is 1.75. The third-order valence-corrected chi connectivity index (χ3v) is 5.65. The summed E-state index contributed by atoms with van der Waals surface area (Å²) in [5, 5.41) is 6.58. The van der Waals surface area contributed by atoms with Gasteiger partial charge in [0.15, 0.2) is 0 Å². The first kappa shape index (κ1) is 16.9. The Morgan fingerprint density at radius 1 is 1.43 bits per heavy atom. The summed E-state index contributed by atoms with van der Waals surface area (Å²) in [4.78, 5) is 12.5. The number of hydrogen-bond donors (Lipinski definition) is 2. The second kappa shape index (κ2) is 7.32. The van der Waals surface area contributed by atoms with Crippen LogP contribution in [-0.2, 0) is 9.53 Å². The molecule has 1 aliphatic carbocycles. The van der Waals surface area contributed by atoms with Crippen LogP contribution in [0.25, 0.3) is 0 Å². The molecule has 0 bridgehead atoms. The van der Waals surface area contributed by atoms with Crippen molar-refractivity contribution in [3.05, 3.63) is 34.3 Å². The number of rotatable bonds is 6. The summed E-state index contributed by atoms with van der Waals surface area (Å²) < 4.78 is 6.49. The summed E-state index contributed by atoms with van der Waals surface area (Å²) in [6, 6.07) is 8.29. The molecule has 3 rings (SSSR count). The van der Waals surface area contributed by atoms with Gasteiger partial charge in [-0.25, -0.2) is 0 Å². The van der Waals surface area contributed by atoms with Gasteiger partial charge in [-0.05, 0) is 56.0 Å². The minimum atomic E-state index is 0.0931. The van der Waals surface area contributed by atoms with E-state index in [1.54, 1.807) is 7.11 Å². The van der Waals surface area contributed by atoms with Gasteiger partial charge in [-0.1, -0.05) is 28.1 Å². The van der Waals surface area contributed by atoms with E-state index >= 15 is 0 Å². The van der Waals surface area contributed by atoms with Crippen molar-refractivity contribution < 1.29 is 9.53 Å². The van der Waals surface area contributed by atoms with E-state index in [0.29, 0.717) is 12.5 Å². The average Bonchev–Trinajstić information content (AvgIpc) is 3.35. The van der Waals surface area contributed by atoms with E-state index in [-0.39, 0.29) is 17.2 Å². The molecule has 23 heavy (non-hydrogen) atoms. The number of carbonyl (C=O) groups excluding carboxylic acids is 1. The highest BCUT2D eigenvalue weighted by atomic mass is 79.9. The van der Waals surface area contributed by atoms with Gasteiger partial charge in [-0.3, -0.25) is 4.79 Å². The Balaban J connectivity index is 1.53. The lowest BCUT2D eigenvalue weighted by molar-refractivity contribution is -0.123. The molecule has 2 aliphatic rings. The van der Waals surface area contributed by atoms with Crippen LogP contribution in [0.5, 0.6) is 0 Å². The summed E-state index contributed by atoms with van der Waals surface area (Å²) in [6.45, 7) is 3.45. The Kier molecular flexibility index (Phi) is 5.39. The summed E-state index contributed by atoms with van der Waals surface area (Å²) >= 11 is 3.50. The fraction of sp³-hybridized carbons (Fsp3) is 0.611.